The molecule has 0 aliphatic carbocycles. The van der Waals surface area contributed by atoms with Gasteiger partial charge in [-0.25, -0.2) is 5.43 Å². The average molecular weight is 568 g/mol. The molecule has 5 nitrogen and oxygen atoms in total. The lowest BCUT2D eigenvalue weighted by molar-refractivity contribution is 0.0929. The van der Waals surface area contributed by atoms with Crippen LogP contribution in [0.15, 0.2) is 92.9 Å². The number of nitrogens with zero attached hydrogens (tertiary/aromatic N) is 1. The number of ether oxygens (including phenoxy) is 1. The van der Waals surface area contributed by atoms with Crippen molar-refractivity contribution in [3.63, 3.8) is 0 Å². The molecule has 5 aromatic rings. The van der Waals surface area contributed by atoms with E-state index in [1.165, 1.54) is 6.21 Å². The number of halogens is 3. The van der Waals surface area contributed by atoms with Gasteiger partial charge in [-0.3, -0.25) is 4.79 Å². The van der Waals surface area contributed by atoms with Gasteiger partial charge in [-0.15, -0.1) is 0 Å². The second-order valence-corrected chi connectivity index (χ2v) is 9.51. The third kappa shape index (κ3) is 5.35. The van der Waals surface area contributed by atoms with Crippen molar-refractivity contribution in [2.45, 2.75) is 6.61 Å². The van der Waals surface area contributed by atoms with Crippen LogP contribution in [-0.2, 0) is 6.61 Å². The summed E-state index contributed by atoms with van der Waals surface area (Å²) in [5.74, 6) is 0.0703. The summed E-state index contributed by atoms with van der Waals surface area (Å²) in [6.07, 6.45) is 1.45. The Hall–Kier alpha value is -3.32. The van der Waals surface area contributed by atoms with Gasteiger partial charge in [-0.05, 0) is 64.4 Å². The van der Waals surface area contributed by atoms with E-state index in [1.54, 1.807) is 24.3 Å². The Balaban J connectivity index is 1.24. The largest absolute Gasteiger partial charge is 0.486 e. The van der Waals surface area contributed by atoms with Crippen LogP contribution in [0.25, 0.3) is 21.7 Å². The molecule has 0 bridgehead atoms. The SMILES string of the molecule is O=C(N/N=C/c1cc(Cl)c(OCc2ccc3ccccc3c2)c(Cl)c1)c1cc2cc(Br)ccc2o1. The molecule has 0 fully saturated rings. The quantitative estimate of drug-likeness (QED) is 0.167. The highest BCUT2D eigenvalue weighted by molar-refractivity contribution is 9.10. The van der Waals surface area contributed by atoms with Crippen LogP contribution in [0.1, 0.15) is 21.7 Å². The molecule has 0 saturated carbocycles. The zero-order valence-electron chi connectivity index (χ0n) is 18.1. The van der Waals surface area contributed by atoms with Gasteiger partial charge in [0.2, 0.25) is 0 Å². The Kier molecular flexibility index (Phi) is 6.77. The molecule has 0 atom stereocenters. The first-order chi connectivity index (χ1) is 17.0. The van der Waals surface area contributed by atoms with E-state index in [-0.39, 0.29) is 5.76 Å². The number of benzene rings is 4. The molecule has 0 unspecified atom stereocenters. The Labute approximate surface area is 219 Å². The molecule has 1 amide bonds. The molecule has 0 aliphatic rings. The normalized spacial score (nSPS) is 11.4. The van der Waals surface area contributed by atoms with Gasteiger partial charge >= 0.3 is 5.91 Å². The van der Waals surface area contributed by atoms with E-state index < -0.39 is 5.91 Å². The molecule has 174 valence electrons. The van der Waals surface area contributed by atoms with E-state index in [2.05, 4.69) is 50.7 Å². The maximum Gasteiger partial charge on any atom is 0.307 e. The van der Waals surface area contributed by atoms with Crippen molar-refractivity contribution >= 4 is 73.0 Å². The molecule has 0 spiro atoms. The zero-order chi connectivity index (χ0) is 24.4. The highest BCUT2D eigenvalue weighted by Crippen LogP contribution is 2.34. The van der Waals surface area contributed by atoms with E-state index in [9.17, 15) is 4.79 Å². The van der Waals surface area contributed by atoms with Crippen molar-refractivity contribution in [1.29, 1.82) is 0 Å². The highest BCUT2D eigenvalue weighted by Gasteiger charge is 2.13. The van der Waals surface area contributed by atoms with Gasteiger partial charge in [0.15, 0.2) is 11.5 Å². The summed E-state index contributed by atoms with van der Waals surface area (Å²) in [6.45, 7) is 0.321. The van der Waals surface area contributed by atoms with Crippen LogP contribution in [0.5, 0.6) is 5.75 Å². The lowest BCUT2D eigenvalue weighted by Gasteiger charge is -2.11. The van der Waals surface area contributed by atoms with Gasteiger partial charge in [-0.1, -0.05) is 75.5 Å². The molecule has 8 heteroatoms. The average Bonchev–Trinajstić information content (AvgIpc) is 3.27. The molecule has 35 heavy (non-hydrogen) atoms. The van der Waals surface area contributed by atoms with E-state index >= 15 is 0 Å². The minimum absolute atomic E-state index is 0.156. The molecular formula is C27H17BrCl2N2O3. The summed E-state index contributed by atoms with van der Waals surface area (Å²) in [4.78, 5) is 12.4. The summed E-state index contributed by atoms with van der Waals surface area (Å²) >= 11 is 16.2. The fraction of sp³-hybridized carbons (Fsp3) is 0.0370. The van der Waals surface area contributed by atoms with Crippen LogP contribution < -0.4 is 10.2 Å². The summed E-state index contributed by atoms with van der Waals surface area (Å²) < 4.78 is 12.4. The first kappa shape index (κ1) is 23.4. The Morgan fingerprint density at radius 3 is 2.51 bits per heavy atom. The van der Waals surface area contributed by atoms with Gasteiger partial charge < -0.3 is 9.15 Å². The Morgan fingerprint density at radius 1 is 0.943 bits per heavy atom. The van der Waals surface area contributed by atoms with Crippen molar-refractivity contribution in [3.05, 3.63) is 110 Å². The fourth-order valence-corrected chi connectivity index (χ4v) is 4.61. The molecule has 1 aromatic heterocycles. The van der Waals surface area contributed by atoms with Crippen molar-refractivity contribution in [2.75, 3.05) is 0 Å². The van der Waals surface area contributed by atoms with E-state index in [0.717, 1.165) is 26.2 Å². The van der Waals surface area contributed by atoms with Crippen molar-refractivity contribution in [2.24, 2.45) is 5.10 Å². The van der Waals surface area contributed by atoms with Crippen LogP contribution in [0.4, 0.5) is 0 Å². The number of rotatable bonds is 6. The van der Waals surface area contributed by atoms with E-state index in [1.807, 2.05) is 30.3 Å². The monoisotopic (exact) mass is 566 g/mol. The van der Waals surface area contributed by atoms with Gasteiger partial charge in [0.1, 0.15) is 12.2 Å². The van der Waals surface area contributed by atoms with Crippen LogP contribution in [0, 0.1) is 0 Å². The number of furan rings is 1. The molecule has 4 aromatic carbocycles. The first-order valence-electron chi connectivity index (χ1n) is 10.6. The lowest BCUT2D eigenvalue weighted by Crippen LogP contribution is -2.16. The molecule has 0 saturated heterocycles. The minimum Gasteiger partial charge on any atom is -0.486 e. The van der Waals surface area contributed by atoms with Crippen LogP contribution in [-0.4, -0.2) is 12.1 Å². The summed E-state index contributed by atoms with van der Waals surface area (Å²) in [5.41, 5.74) is 4.66. The second kappa shape index (κ2) is 10.1. The first-order valence-corrected chi connectivity index (χ1v) is 12.1. The lowest BCUT2D eigenvalue weighted by atomic mass is 10.1. The Bertz CT molecular complexity index is 1570. The summed E-state index contributed by atoms with van der Waals surface area (Å²) in [6, 6.07) is 24.7. The number of amides is 1. The summed E-state index contributed by atoms with van der Waals surface area (Å²) in [7, 11) is 0. The molecule has 1 N–H and O–H groups in total. The van der Waals surface area contributed by atoms with Crippen molar-refractivity contribution < 1.29 is 13.9 Å². The third-order valence-corrected chi connectivity index (χ3v) is 6.35. The molecule has 1 heterocycles. The number of nitrogens with one attached hydrogen (secondary N) is 1. The van der Waals surface area contributed by atoms with Gasteiger partial charge in [-0.2, -0.15) is 5.10 Å². The number of hydrogen-bond acceptors (Lipinski definition) is 4. The number of hydrazone groups is 1. The summed E-state index contributed by atoms with van der Waals surface area (Å²) in [5, 5.41) is 7.78. The zero-order valence-corrected chi connectivity index (χ0v) is 21.2. The molecule has 0 radical (unpaired) electrons. The third-order valence-electron chi connectivity index (χ3n) is 5.30. The minimum atomic E-state index is -0.471. The molecule has 0 aliphatic heterocycles. The maximum atomic E-state index is 12.4. The number of carbonyl (C=O) groups excluding carboxylic acids is 1. The highest BCUT2D eigenvalue weighted by atomic mass is 79.9. The van der Waals surface area contributed by atoms with Crippen LogP contribution in [0.2, 0.25) is 10.0 Å². The predicted molar refractivity (Wildman–Crippen MR) is 144 cm³/mol. The second-order valence-electron chi connectivity index (χ2n) is 7.78. The van der Waals surface area contributed by atoms with Crippen molar-refractivity contribution in [1.82, 2.24) is 5.43 Å². The van der Waals surface area contributed by atoms with Crippen LogP contribution in [0.3, 0.4) is 0 Å². The number of carbonyl (C=O) groups is 1. The van der Waals surface area contributed by atoms with Gasteiger partial charge in [0.05, 0.1) is 16.3 Å². The standard InChI is InChI=1S/C27H17BrCl2N2O3/c28-21-7-8-24-20(12-21)13-25(35-24)27(33)32-31-14-17-10-22(29)26(23(30)11-17)34-15-16-5-6-18-3-1-2-4-19(18)9-16/h1-14H,15H2,(H,32,33)/b31-14+. The predicted octanol–water partition coefficient (Wildman–Crippen LogP) is 8.00. The number of hydrogen-bond donors (Lipinski definition) is 1. The van der Waals surface area contributed by atoms with Crippen LogP contribution >= 0.6 is 39.1 Å². The Morgan fingerprint density at radius 2 is 1.71 bits per heavy atom. The smallest absolute Gasteiger partial charge is 0.307 e. The molecule has 5 rings (SSSR count). The van der Waals surface area contributed by atoms with Gasteiger partial charge in [0.25, 0.3) is 0 Å². The maximum absolute atomic E-state index is 12.4. The van der Waals surface area contributed by atoms with Crippen molar-refractivity contribution in [3.8, 4) is 5.75 Å². The van der Waals surface area contributed by atoms with Gasteiger partial charge in [0, 0.05) is 9.86 Å². The van der Waals surface area contributed by atoms with E-state index in [4.69, 9.17) is 32.4 Å². The topological polar surface area (TPSA) is 63.8 Å². The fourth-order valence-electron chi connectivity index (χ4n) is 3.62. The van der Waals surface area contributed by atoms with E-state index in [0.29, 0.717) is 33.5 Å². The number of fused-ring (bicyclic) bond motifs is 2. The molecular weight excluding hydrogens is 551 g/mol.